The van der Waals surface area contributed by atoms with Gasteiger partial charge in [-0.3, -0.25) is 4.79 Å². The molecule has 24 heavy (non-hydrogen) atoms. The molecule has 1 aromatic rings. The second-order valence-electron chi connectivity index (χ2n) is 5.25. The third-order valence-corrected chi connectivity index (χ3v) is 4.74. The summed E-state index contributed by atoms with van der Waals surface area (Å²) in [4.78, 5) is 10.7. The number of halogens is 3. The average molecular weight is 367 g/mol. The van der Waals surface area contributed by atoms with E-state index in [-0.39, 0.29) is 19.0 Å². The smallest absolute Gasteiger partial charge is 0.416 e. The molecule has 0 aliphatic carbocycles. The third kappa shape index (κ3) is 6.48. The molecule has 0 heterocycles. The van der Waals surface area contributed by atoms with E-state index >= 15 is 0 Å². The van der Waals surface area contributed by atoms with E-state index in [1.54, 1.807) is 13.8 Å². The number of rotatable bonds is 8. The van der Waals surface area contributed by atoms with E-state index in [1.165, 1.54) is 0 Å². The highest BCUT2D eigenvalue weighted by atomic mass is 32.2. The summed E-state index contributed by atoms with van der Waals surface area (Å²) in [7, 11) is -4.07. The molecule has 1 unspecified atom stereocenters. The molecule has 0 saturated heterocycles. The van der Waals surface area contributed by atoms with E-state index in [2.05, 4.69) is 4.72 Å². The number of hydrogen-bond acceptors (Lipinski definition) is 4. The number of esters is 1. The van der Waals surface area contributed by atoms with E-state index in [1.807, 2.05) is 0 Å². The standard InChI is InChI=1S/C15H20F3NO4S/c1-3-23-14(20)9-4-6-11(2)19-24(21,22)13-8-5-7-12(10-13)15(16,17)18/h5,7-8,10-11,19H,3-4,6,9H2,1-2H3. The van der Waals surface area contributed by atoms with Gasteiger partial charge in [-0.15, -0.1) is 0 Å². The number of carbonyl (C=O) groups is 1. The molecule has 1 N–H and O–H groups in total. The molecule has 0 aliphatic rings. The van der Waals surface area contributed by atoms with Crippen LogP contribution in [0.25, 0.3) is 0 Å². The molecular formula is C15H20F3NO4S. The summed E-state index contributed by atoms with van der Waals surface area (Å²) in [5.74, 6) is -0.370. The van der Waals surface area contributed by atoms with Crippen LogP contribution in [0.4, 0.5) is 13.2 Å². The molecule has 0 fully saturated rings. The fourth-order valence-electron chi connectivity index (χ4n) is 2.02. The van der Waals surface area contributed by atoms with E-state index in [4.69, 9.17) is 4.74 Å². The van der Waals surface area contributed by atoms with Gasteiger partial charge in [0.05, 0.1) is 17.1 Å². The maximum absolute atomic E-state index is 12.7. The van der Waals surface area contributed by atoms with E-state index in [0.717, 1.165) is 18.2 Å². The number of alkyl halides is 3. The molecule has 0 bridgehead atoms. The van der Waals surface area contributed by atoms with Crippen molar-refractivity contribution in [2.24, 2.45) is 0 Å². The lowest BCUT2D eigenvalue weighted by Gasteiger charge is -2.15. The summed E-state index contributed by atoms with van der Waals surface area (Å²) in [5, 5.41) is 0. The predicted molar refractivity (Wildman–Crippen MR) is 81.7 cm³/mol. The number of carbonyl (C=O) groups excluding carboxylic acids is 1. The maximum Gasteiger partial charge on any atom is 0.416 e. The average Bonchev–Trinajstić information content (AvgIpc) is 2.46. The molecule has 1 rings (SSSR count). The second kappa shape index (κ2) is 8.48. The van der Waals surface area contributed by atoms with E-state index in [0.29, 0.717) is 18.9 Å². The summed E-state index contributed by atoms with van der Waals surface area (Å²) in [5.41, 5.74) is -1.03. The summed E-state index contributed by atoms with van der Waals surface area (Å²) >= 11 is 0. The lowest BCUT2D eigenvalue weighted by Crippen LogP contribution is -2.32. The predicted octanol–water partition coefficient (Wildman–Crippen LogP) is 3.11. The van der Waals surface area contributed by atoms with Gasteiger partial charge in [0.2, 0.25) is 10.0 Å². The Balaban J connectivity index is 2.68. The van der Waals surface area contributed by atoms with Gasteiger partial charge in [0.15, 0.2) is 0 Å². The Hall–Kier alpha value is -1.61. The first-order chi connectivity index (χ1) is 11.1. The summed E-state index contributed by atoms with van der Waals surface area (Å²) < 4.78 is 69.4. The van der Waals surface area contributed by atoms with Crippen LogP contribution in [0.5, 0.6) is 0 Å². The first-order valence-electron chi connectivity index (χ1n) is 7.41. The molecule has 0 saturated carbocycles. The van der Waals surface area contributed by atoms with Crippen molar-refractivity contribution in [1.82, 2.24) is 4.72 Å². The lowest BCUT2D eigenvalue weighted by atomic mass is 10.1. The highest BCUT2D eigenvalue weighted by Gasteiger charge is 2.31. The Kier molecular flexibility index (Phi) is 7.22. The van der Waals surface area contributed by atoms with Crippen molar-refractivity contribution in [3.05, 3.63) is 29.8 Å². The maximum atomic E-state index is 12.7. The van der Waals surface area contributed by atoms with Gasteiger partial charge in [-0.25, -0.2) is 13.1 Å². The molecule has 0 aromatic heterocycles. The van der Waals surface area contributed by atoms with E-state index < -0.39 is 32.7 Å². The van der Waals surface area contributed by atoms with E-state index in [9.17, 15) is 26.4 Å². The van der Waals surface area contributed by atoms with Gasteiger partial charge >= 0.3 is 12.1 Å². The summed E-state index contributed by atoms with van der Waals surface area (Å²) in [6.07, 6.45) is -3.69. The first-order valence-corrected chi connectivity index (χ1v) is 8.89. The van der Waals surface area contributed by atoms with Gasteiger partial charge < -0.3 is 4.74 Å². The molecule has 0 spiro atoms. The van der Waals surface area contributed by atoms with Crippen molar-refractivity contribution in [3.8, 4) is 0 Å². The highest BCUT2D eigenvalue weighted by Crippen LogP contribution is 2.30. The van der Waals surface area contributed by atoms with Crippen LogP contribution in [0.15, 0.2) is 29.2 Å². The molecule has 0 aliphatic heterocycles. The second-order valence-corrected chi connectivity index (χ2v) is 6.96. The first kappa shape index (κ1) is 20.4. The Labute approximate surface area is 139 Å². The fraction of sp³-hybridized carbons (Fsp3) is 0.533. The zero-order valence-electron chi connectivity index (χ0n) is 13.4. The molecule has 0 amide bonds. The number of ether oxygens (including phenoxy) is 1. The van der Waals surface area contributed by atoms with Crippen LogP contribution in [-0.4, -0.2) is 27.0 Å². The quantitative estimate of drug-likeness (QED) is 0.717. The van der Waals surface area contributed by atoms with Crippen molar-refractivity contribution in [1.29, 1.82) is 0 Å². The van der Waals surface area contributed by atoms with Crippen LogP contribution in [0.3, 0.4) is 0 Å². The zero-order valence-corrected chi connectivity index (χ0v) is 14.2. The van der Waals surface area contributed by atoms with Crippen molar-refractivity contribution in [2.45, 2.75) is 50.2 Å². The van der Waals surface area contributed by atoms with Crippen LogP contribution in [-0.2, 0) is 25.7 Å². The number of sulfonamides is 1. The molecule has 1 atom stereocenters. The number of nitrogens with one attached hydrogen (secondary N) is 1. The minimum absolute atomic E-state index is 0.156. The largest absolute Gasteiger partial charge is 0.466 e. The van der Waals surface area contributed by atoms with Gasteiger partial charge in [-0.2, -0.15) is 13.2 Å². The minimum atomic E-state index is -4.61. The van der Waals surface area contributed by atoms with Gasteiger partial charge in [0.1, 0.15) is 0 Å². The van der Waals surface area contributed by atoms with Gasteiger partial charge in [0.25, 0.3) is 0 Å². The van der Waals surface area contributed by atoms with Crippen LogP contribution in [0, 0.1) is 0 Å². The number of benzene rings is 1. The molecule has 0 radical (unpaired) electrons. The monoisotopic (exact) mass is 367 g/mol. The van der Waals surface area contributed by atoms with Crippen LogP contribution in [0.1, 0.15) is 38.7 Å². The summed E-state index contributed by atoms with van der Waals surface area (Å²) in [6, 6.07) is 3.01. The Bertz CT molecular complexity index is 659. The van der Waals surface area contributed by atoms with Gasteiger partial charge in [0, 0.05) is 12.5 Å². The third-order valence-electron chi connectivity index (χ3n) is 3.15. The molecule has 9 heteroatoms. The summed E-state index contributed by atoms with van der Waals surface area (Å²) in [6.45, 7) is 3.54. The van der Waals surface area contributed by atoms with Gasteiger partial charge in [-0.1, -0.05) is 6.07 Å². The SMILES string of the molecule is CCOC(=O)CCCC(C)NS(=O)(=O)c1cccc(C(F)(F)F)c1. The number of hydrogen-bond donors (Lipinski definition) is 1. The lowest BCUT2D eigenvalue weighted by molar-refractivity contribution is -0.143. The van der Waals surface area contributed by atoms with Crippen molar-refractivity contribution < 1.29 is 31.1 Å². The van der Waals surface area contributed by atoms with Crippen molar-refractivity contribution >= 4 is 16.0 Å². The molecular weight excluding hydrogens is 347 g/mol. The Morgan fingerprint density at radius 1 is 1.33 bits per heavy atom. The fourth-order valence-corrected chi connectivity index (χ4v) is 3.34. The van der Waals surface area contributed by atoms with Crippen LogP contribution in [0.2, 0.25) is 0 Å². The molecule has 5 nitrogen and oxygen atoms in total. The Morgan fingerprint density at radius 3 is 2.58 bits per heavy atom. The normalized spacial score (nSPS) is 13.5. The van der Waals surface area contributed by atoms with Crippen molar-refractivity contribution in [3.63, 3.8) is 0 Å². The van der Waals surface area contributed by atoms with Gasteiger partial charge in [-0.05, 0) is 44.9 Å². The molecule has 1 aromatic carbocycles. The van der Waals surface area contributed by atoms with Crippen LogP contribution >= 0.6 is 0 Å². The van der Waals surface area contributed by atoms with Crippen molar-refractivity contribution in [2.75, 3.05) is 6.61 Å². The zero-order chi connectivity index (χ0) is 18.4. The van der Waals surface area contributed by atoms with Crippen LogP contribution < -0.4 is 4.72 Å². The minimum Gasteiger partial charge on any atom is -0.466 e. The Morgan fingerprint density at radius 2 is 2.00 bits per heavy atom. The highest BCUT2D eigenvalue weighted by molar-refractivity contribution is 7.89. The molecule has 136 valence electrons. The topological polar surface area (TPSA) is 72.5 Å².